The molecule has 2 unspecified atom stereocenters. The molecule has 0 N–H and O–H groups in total. The highest BCUT2D eigenvalue weighted by Gasteiger charge is 2.26. The lowest BCUT2D eigenvalue weighted by atomic mass is 9.95. The molecule has 24 heavy (non-hydrogen) atoms. The van der Waals surface area contributed by atoms with Gasteiger partial charge in [0.25, 0.3) is 0 Å². The highest BCUT2D eigenvalue weighted by molar-refractivity contribution is 7.73. The van der Waals surface area contributed by atoms with Crippen LogP contribution in [0.3, 0.4) is 0 Å². The van der Waals surface area contributed by atoms with Gasteiger partial charge in [0.2, 0.25) is 0 Å². The average molecular weight is 340 g/mol. The van der Waals surface area contributed by atoms with Gasteiger partial charge >= 0.3 is 0 Å². The minimum absolute atomic E-state index is 0.282. The smallest absolute Gasteiger partial charge is 0.0129 e. The molecule has 0 aliphatic carbocycles. The maximum absolute atomic E-state index is 2.50. The maximum Gasteiger partial charge on any atom is -0.0129 e. The molecule has 0 nitrogen and oxygen atoms in total. The van der Waals surface area contributed by atoms with Gasteiger partial charge < -0.3 is 0 Å². The summed E-state index contributed by atoms with van der Waals surface area (Å²) >= 11 is 0. The number of rotatable bonds is 10. The second-order valence-electron chi connectivity index (χ2n) is 6.80. The molecule has 0 aliphatic heterocycles. The summed E-state index contributed by atoms with van der Waals surface area (Å²) in [5, 5.41) is 3.05. The molecule has 2 rings (SSSR count). The van der Waals surface area contributed by atoms with Crippen LogP contribution < -0.4 is 10.6 Å². The Morgan fingerprint density at radius 3 is 1.75 bits per heavy atom. The van der Waals surface area contributed by atoms with Crippen LogP contribution in [-0.4, -0.2) is 5.66 Å². The van der Waals surface area contributed by atoms with E-state index < -0.39 is 0 Å². The predicted molar refractivity (Wildman–Crippen MR) is 111 cm³/mol. The molecule has 0 spiro atoms. The van der Waals surface area contributed by atoms with E-state index in [1.165, 1.54) is 49.1 Å². The van der Waals surface area contributed by atoms with Crippen LogP contribution in [0.4, 0.5) is 0 Å². The van der Waals surface area contributed by atoms with Gasteiger partial charge in [-0.1, -0.05) is 114 Å². The van der Waals surface area contributed by atoms with Crippen LogP contribution >= 0.6 is 7.92 Å². The van der Waals surface area contributed by atoms with Gasteiger partial charge in [-0.2, -0.15) is 0 Å². The normalized spacial score (nSPS) is 13.8. The van der Waals surface area contributed by atoms with Gasteiger partial charge in [-0.05, 0) is 36.5 Å². The summed E-state index contributed by atoms with van der Waals surface area (Å²) in [6.45, 7) is 7.17. The topological polar surface area (TPSA) is 0 Å². The monoisotopic (exact) mass is 340 g/mol. The van der Waals surface area contributed by atoms with Gasteiger partial charge in [0.1, 0.15) is 0 Å². The lowest BCUT2D eigenvalue weighted by Crippen LogP contribution is -2.25. The zero-order valence-electron chi connectivity index (χ0n) is 15.6. The second-order valence-corrected chi connectivity index (χ2v) is 9.39. The summed E-state index contributed by atoms with van der Waals surface area (Å²) in [6, 6.07) is 22.4. The fourth-order valence-electron chi connectivity index (χ4n) is 3.63. The first kappa shape index (κ1) is 19.2. The average Bonchev–Trinajstić information content (AvgIpc) is 2.64. The second kappa shape index (κ2) is 10.7. The molecule has 2 aromatic rings. The zero-order chi connectivity index (χ0) is 17.2. The molecule has 0 bridgehead atoms. The molecule has 0 heterocycles. The molecule has 0 amide bonds. The van der Waals surface area contributed by atoms with E-state index >= 15 is 0 Å². The summed E-state index contributed by atoms with van der Waals surface area (Å²) in [7, 11) is -0.282. The lowest BCUT2D eigenvalue weighted by Gasteiger charge is -2.32. The number of unbranched alkanes of at least 4 members (excludes halogenated alkanes) is 3. The van der Waals surface area contributed by atoms with Crippen LogP contribution in [0.25, 0.3) is 0 Å². The van der Waals surface area contributed by atoms with Gasteiger partial charge in [-0.3, -0.25) is 0 Å². The Labute approximate surface area is 150 Å². The van der Waals surface area contributed by atoms with Crippen LogP contribution in [0.2, 0.25) is 0 Å². The molecule has 0 radical (unpaired) electrons. The first-order valence-electron chi connectivity index (χ1n) is 9.67. The summed E-state index contributed by atoms with van der Waals surface area (Å²) in [6.07, 6.45) is 8.18. The summed E-state index contributed by atoms with van der Waals surface area (Å²) in [5.41, 5.74) is 0.733. The van der Waals surface area contributed by atoms with E-state index in [9.17, 15) is 0 Å². The van der Waals surface area contributed by atoms with Crippen molar-refractivity contribution < 1.29 is 0 Å². The van der Waals surface area contributed by atoms with E-state index in [4.69, 9.17) is 0 Å². The van der Waals surface area contributed by atoms with Crippen LogP contribution in [0.5, 0.6) is 0 Å². The predicted octanol–water partition coefficient (Wildman–Crippen LogP) is 6.50. The lowest BCUT2D eigenvalue weighted by molar-refractivity contribution is 0.436. The summed E-state index contributed by atoms with van der Waals surface area (Å²) in [4.78, 5) is 0. The SMILES string of the molecule is CCCCCCC(CC)C(C)P(c1ccccc1)c1ccccc1. The molecule has 0 saturated carbocycles. The molecule has 2 atom stereocenters. The van der Waals surface area contributed by atoms with E-state index in [0.29, 0.717) is 0 Å². The number of benzene rings is 2. The van der Waals surface area contributed by atoms with Crippen LogP contribution in [0.15, 0.2) is 60.7 Å². The summed E-state index contributed by atoms with van der Waals surface area (Å²) < 4.78 is 0. The van der Waals surface area contributed by atoms with Crippen molar-refractivity contribution in [2.24, 2.45) is 5.92 Å². The van der Waals surface area contributed by atoms with Crippen molar-refractivity contribution in [2.75, 3.05) is 0 Å². The molecule has 0 saturated heterocycles. The van der Waals surface area contributed by atoms with Crippen molar-refractivity contribution in [1.29, 1.82) is 0 Å². The fraction of sp³-hybridized carbons (Fsp3) is 0.478. The standard InChI is InChI=1S/C23H33P/c1-4-6-7-10-15-21(5-2)20(3)24(22-16-11-8-12-17-22)23-18-13-9-14-19-23/h8-9,11-14,16-21H,4-7,10,15H2,1-3H3. The van der Waals surface area contributed by atoms with Crippen molar-refractivity contribution >= 4 is 18.5 Å². The van der Waals surface area contributed by atoms with Crippen LogP contribution in [-0.2, 0) is 0 Å². The highest BCUT2D eigenvalue weighted by atomic mass is 31.1. The Bertz CT molecular complexity index is 509. The van der Waals surface area contributed by atoms with Crippen molar-refractivity contribution in [3.8, 4) is 0 Å². The largest absolute Gasteiger partial charge is 0.0654 e. The van der Waals surface area contributed by atoms with Crippen LogP contribution in [0, 0.1) is 5.92 Å². The molecule has 130 valence electrons. The Balaban J connectivity index is 2.19. The first-order chi connectivity index (χ1) is 11.8. The van der Waals surface area contributed by atoms with Gasteiger partial charge in [-0.25, -0.2) is 0 Å². The molecule has 0 fully saturated rings. The first-order valence-corrected chi connectivity index (χ1v) is 11.1. The Hall–Kier alpha value is -1.13. The highest BCUT2D eigenvalue weighted by Crippen LogP contribution is 2.44. The third-order valence-corrected chi connectivity index (χ3v) is 8.06. The third-order valence-electron chi connectivity index (χ3n) is 5.11. The minimum atomic E-state index is -0.282. The van der Waals surface area contributed by atoms with E-state index in [2.05, 4.69) is 81.4 Å². The third kappa shape index (κ3) is 5.45. The molecular formula is C23H33P. The molecular weight excluding hydrogens is 307 g/mol. The van der Waals surface area contributed by atoms with Crippen molar-refractivity contribution in [3.05, 3.63) is 60.7 Å². The van der Waals surface area contributed by atoms with Gasteiger partial charge in [0, 0.05) is 0 Å². The van der Waals surface area contributed by atoms with Gasteiger partial charge in [-0.15, -0.1) is 0 Å². The van der Waals surface area contributed by atoms with Crippen molar-refractivity contribution in [2.45, 2.75) is 65.0 Å². The Kier molecular flexibility index (Phi) is 8.54. The van der Waals surface area contributed by atoms with Crippen molar-refractivity contribution in [3.63, 3.8) is 0 Å². The van der Waals surface area contributed by atoms with E-state index in [-0.39, 0.29) is 7.92 Å². The fourth-order valence-corrected chi connectivity index (χ4v) is 6.63. The molecule has 1 heteroatoms. The Morgan fingerprint density at radius 2 is 1.29 bits per heavy atom. The van der Waals surface area contributed by atoms with Crippen molar-refractivity contribution in [1.82, 2.24) is 0 Å². The molecule has 0 aliphatic rings. The maximum atomic E-state index is 2.50. The quantitative estimate of drug-likeness (QED) is 0.342. The van der Waals surface area contributed by atoms with Crippen LogP contribution in [0.1, 0.15) is 59.3 Å². The Morgan fingerprint density at radius 1 is 0.750 bits per heavy atom. The van der Waals surface area contributed by atoms with E-state index in [1.54, 1.807) is 0 Å². The molecule has 0 aromatic heterocycles. The number of hydrogen-bond acceptors (Lipinski definition) is 0. The molecule has 2 aromatic carbocycles. The van der Waals surface area contributed by atoms with E-state index in [0.717, 1.165) is 11.6 Å². The minimum Gasteiger partial charge on any atom is -0.0654 e. The summed E-state index contributed by atoms with van der Waals surface area (Å²) in [5.74, 6) is 0.827. The van der Waals surface area contributed by atoms with Gasteiger partial charge in [0.05, 0.1) is 0 Å². The zero-order valence-corrected chi connectivity index (χ0v) is 16.5. The van der Waals surface area contributed by atoms with Gasteiger partial charge in [0.15, 0.2) is 0 Å². The van der Waals surface area contributed by atoms with E-state index in [1.807, 2.05) is 0 Å². The number of hydrogen-bond donors (Lipinski definition) is 0.